The highest BCUT2D eigenvalue weighted by atomic mass is 16.3. The maximum absolute atomic E-state index is 8.89. The minimum atomic E-state index is 0.178. The number of rotatable bonds is 10. The van der Waals surface area contributed by atoms with Crippen LogP contribution in [0.2, 0.25) is 0 Å². The fraction of sp³-hybridized carbons (Fsp3) is 0.333. The molecule has 0 fully saturated rings. The summed E-state index contributed by atoms with van der Waals surface area (Å²) in [5, 5.41) is 17.8. The molecule has 0 atom stereocenters. The van der Waals surface area contributed by atoms with E-state index in [2.05, 4.69) is 9.98 Å². The molecule has 4 nitrogen and oxygen atoms in total. The Morgan fingerprint density at radius 3 is 1.40 bits per heavy atom. The summed E-state index contributed by atoms with van der Waals surface area (Å²) in [6.07, 6.45) is 8.11. The third-order valence-corrected chi connectivity index (χ3v) is 3.82. The first-order chi connectivity index (χ1) is 12.3. The van der Waals surface area contributed by atoms with E-state index >= 15 is 0 Å². The van der Waals surface area contributed by atoms with Crippen LogP contribution in [0.5, 0.6) is 0 Å². The minimum absolute atomic E-state index is 0.178. The third-order valence-electron chi connectivity index (χ3n) is 3.82. The molecule has 0 unspecified atom stereocenters. The van der Waals surface area contributed by atoms with Crippen LogP contribution in [0.15, 0.2) is 58.5 Å². The van der Waals surface area contributed by atoms with Gasteiger partial charge in [0.25, 0.3) is 0 Å². The van der Waals surface area contributed by atoms with Crippen molar-refractivity contribution in [2.24, 2.45) is 9.98 Å². The second-order valence-electron chi connectivity index (χ2n) is 5.83. The number of aliphatic hydroxyl groups is 2. The van der Waals surface area contributed by atoms with Crippen LogP contribution in [0.25, 0.3) is 0 Å². The molecule has 2 aromatic carbocycles. The van der Waals surface area contributed by atoms with E-state index in [1.807, 2.05) is 61.0 Å². The maximum Gasteiger partial charge on any atom is 0.0625 e. The van der Waals surface area contributed by atoms with E-state index < -0.39 is 0 Å². The molecule has 0 spiro atoms. The van der Waals surface area contributed by atoms with Crippen LogP contribution in [0.4, 0.5) is 11.4 Å². The van der Waals surface area contributed by atoms with Gasteiger partial charge in [-0.05, 0) is 67.5 Å². The topological polar surface area (TPSA) is 65.2 Å². The predicted molar refractivity (Wildman–Crippen MR) is 105 cm³/mol. The molecule has 25 heavy (non-hydrogen) atoms. The molecular formula is C21H26N2O2. The quantitative estimate of drug-likeness (QED) is 0.507. The Morgan fingerprint density at radius 2 is 1.04 bits per heavy atom. The molecule has 0 aromatic heterocycles. The summed E-state index contributed by atoms with van der Waals surface area (Å²) in [5.74, 6) is 0. The lowest BCUT2D eigenvalue weighted by Gasteiger charge is -1.99. The van der Waals surface area contributed by atoms with Crippen molar-refractivity contribution in [3.8, 4) is 0 Å². The number of hydrogen-bond donors (Lipinski definition) is 2. The van der Waals surface area contributed by atoms with Crippen molar-refractivity contribution in [1.82, 2.24) is 0 Å². The number of unbranched alkanes of at least 4 members (excludes halogenated alkanes) is 2. The van der Waals surface area contributed by atoms with E-state index in [0.29, 0.717) is 12.8 Å². The SMILES string of the molecule is OCCc1ccc(N=CCCCC=Nc2ccc(CCO)cc2)cc1. The molecule has 0 aliphatic carbocycles. The monoisotopic (exact) mass is 338 g/mol. The fourth-order valence-electron chi connectivity index (χ4n) is 2.40. The Morgan fingerprint density at radius 1 is 0.640 bits per heavy atom. The van der Waals surface area contributed by atoms with Crippen molar-refractivity contribution in [3.05, 3.63) is 59.7 Å². The summed E-state index contributed by atoms with van der Waals surface area (Å²) in [4.78, 5) is 8.88. The van der Waals surface area contributed by atoms with Gasteiger partial charge in [-0.15, -0.1) is 0 Å². The van der Waals surface area contributed by atoms with Crippen LogP contribution in [0, 0.1) is 0 Å². The summed E-state index contributed by atoms with van der Waals surface area (Å²) >= 11 is 0. The van der Waals surface area contributed by atoms with Gasteiger partial charge >= 0.3 is 0 Å². The Hall–Kier alpha value is -2.30. The van der Waals surface area contributed by atoms with Crippen LogP contribution in [-0.2, 0) is 12.8 Å². The zero-order chi connectivity index (χ0) is 17.7. The van der Waals surface area contributed by atoms with E-state index in [9.17, 15) is 0 Å². The summed E-state index contributed by atoms with van der Waals surface area (Å²) in [5.41, 5.74) is 4.14. The summed E-state index contributed by atoms with van der Waals surface area (Å²) < 4.78 is 0. The number of benzene rings is 2. The molecule has 2 rings (SSSR count). The minimum Gasteiger partial charge on any atom is -0.396 e. The highest BCUT2D eigenvalue weighted by molar-refractivity contribution is 5.66. The zero-order valence-corrected chi connectivity index (χ0v) is 14.5. The van der Waals surface area contributed by atoms with Crippen molar-refractivity contribution in [2.45, 2.75) is 32.1 Å². The Kier molecular flexibility index (Phi) is 8.59. The van der Waals surface area contributed by atoms with Crippen molar-refractivity contribution in [3.63, 3.8) is 0 Å². The van der Waals surface area contributed by atoms with Gasteiger partial charge in [0, 0.05) is 25.6 Å². The van der Waals surface area contributed by atoms with E-state index in [-0.39, 0.29) is 13.2 Å². The van der Waals surface area contributed by atoms with Gasteiger partial charge < -0.3 is 10.2 Å². The molecule has 0 radical (unpaired) electrons. The van der Waals surface area contributed by atoms with Gasteiger partial charge in [-0.1, -0.05) is 24.3 Å². The van der Waals surface area contributed by atoms with Crippen LogP contribution >= 0.6 is 0 Å². The van der Waals surface area contributed by atoms with E-state index in [1.54, 1.807) is 0 Å². The molecule has 2 N–H and O–H groups in total. The summed E-state index contributed by atoms with van der Waals surface area (Å²) in [7, 11) is 0. The molecule has 0 aliphatic rings. The van der Waals surface area contributed by atoms with Gasteiger partial charge in [-0.2, -0.15) is 0 Å². The standard InChI is InChI=1S/C21H26N2O2/c24-16-12-18-4-8-20(9-5-18)22-14-2-1-3-15-23-21-10-6-19(7-11-21)13-17-25/h4-11,14-15,24-25H,1-3,12-13,16-17H2. The first-order valence-electron chi connectivity index (χ1n) is 8.76. The van der Waals surface area contributed by atoms with Crippen LogP contribution in [-0.4, -0.2) is 35.9 Å². The molecule has 0 heterocycles. The zero-order valence-electron chi connectivity index (χ0n) is 14.5. The lowest BCUT2D eigenvalue weighted by Crippen LogP contribution is -1.89. The van der Waals surface area contributed by atoms with Gasteiger partial charge in [-0.25, -0.2) is 0 Å². The van der Waals surface area contributed by atoms with Crippen LogP contribution in [0.1, 0.15) is 30.4 Å². The van der Waals surface area contributed by atoms with Crippen molar-refractivity contribution in [1.29, 1.82) is 0 Å². The van der Waals surface area contributed by atoms with Gasteiger partial charge in [0.15, 0.2) is 0 Å². The van der Waals surface area contributed by atoms with Gasteiger partial charge in [0.05, 0.1) is 11.4 Å². The average Bonchev–Trinajstić information content (AvgIpc) is 2.64. The molecule has 2 aromatic rings. The fourth-order valence-corrected chi connectivity index (χ4v) is 2.40. The van der Waals surface area contributed by atoms with E-state index in [4.69, 9.17) is 10.2 Å². The van der Waals surface area contributed by atoms with Gasteiger partial charge in [0.1, 0.15) is 0 Å². The second kappa shape index (κ2) is 11.3. The molecule has 0 amide bonds. The lowest BCUT2D eigenvalue weighted by atomic mass is 10.1. The largest absolute Gasteiger partial charge is 0.396 e. The van der Waals surface area contributed by atoms with Crippen LogP contribution in [0.3, 0.4) is 0 Å². The third kappa shape index (κ3) is 7.42. The molecule has 0 saturated carbocycles. The first kappa shape index (κ1) is 19.0. The summed E-state index contributed by atoms with van der Waals surface area (Å²) in [6, 6.07) is 15.9. The lowest BCUT2D eigenvalue weighted by molar-refractivity contribution is 0.299. The van der Waals surface area contributed by atoms with Crippen LogP contribution < -0.4 is 0 Å². The Bertz CT molecular complexity index is 602. The smallest absolute Gasteiger partial charge is 0.0625 e. The molecule has 0 bridgehead atoms. The Labute approximate surface area is 149 Å². The maximum atomic E-state index is 8.89. The van der Waals surface area contributed by atoms with Gasteiger partial charge in [0.2, 0.25) is 0 Å². The number of aliphatic hydroxyl groups excluding tert-OH is 2. The van der Waals surface area contributed by atoms with Crippen molar-refractivity contribution in [2.75, 3.05) is 13.2 Å². The average molecular weight is 338 g/mol. The highest BCUT2D eigenvalue weighted by Gasteiger charge is 1.93. The van der Waals surface area contributed by atoms with Crippen molar-refractivity contribution < 1.29 is 10.2 Å². The highest BCUT2D eigenvalue weighted by Crippen LogP contribution is 2.14. The predicted octanol–water partition coefficient (Wildman–Crippen LogP) is 4.03. The van der Waals surface area contributed by atoms with E-state index in [1.165, 1.54) is 0 Å². The molecule has 0 saturated heterocycles. The Balaban J connectivity index is 1.66. The number of nitrogens with zero attached hydrogens (tertiary/aromatic N) is 2. The molecule has 4 heteroatoms. The summed E-state index contributed by atoms with van der Waals surface area (Å²) in [6.45, 7) is 0.355. The van der Waals surface area contributed by atoms with E-state index in [0.717, 1.165) is 41.8 Å². The molecular weight excluding hydrogens is 312 g/mol. The molecule has 132 valence electrons. The number of hydrogen-bond acceptors (Lipinski definition) is 4. The van der Waals surface area contributed by atoms with Crippen molar-refractivity contribution >= 4 is 23.8 Å². The normalized spacial score (nSPS) is 11.6. The van der Waals surface area contributed by atoms with Gasteiger partial charge in [-0.3, -0.25) is 9.98 Å². The molecule has 0 aliphatic heterocycles. The first-order valence-corrected chi connectivity index (χ1v) is 8.76. The second-order valence-corrected chi connectivity index (χ2v) is 5.83. The number of aliphatic imine (C=N–C) groups is 2.